The highest BCUT2D eigenvalue weighted by atomic mass is 79.9. The first kappa shape index (κ1) is 13.2. The monoisotopic (exact) mass is 336 g/mol. The van der Waals surface area contributed by atoms with E-state index in [4.69, 9.17) is 10.5 Å². The Hall–Kier alpha value is -1.75. The molecule has 5 heteroatoms. The number of nitrogens with two attached hydrogens (primary N) is 1. The maximum atomic E-state index is 13.5. The molecule has 2 aromatic rings. The van der Waals surface area contributed by atoms with Gasteiger partial charge in [0.05, 0.1) is 28.1 Å². The Bertz CT molecular complexity index is 648. The van der Waals surface area contributed by atoms with Gasteiger partial charge in [-0.15, -0.1) is 0 Å². The third-order valence-electron chi connectivity index (χ3n) is 3.30. The van der Waals surface area contributed by atoms with Gasteiger partial charge in [-0.3, -0.25) is 0 Å². The minimum Gasteiger partial charge on any atom is -0.491 e. The van der Waals surface area contributed by atoms with Gasteiger partial charge in [-0.2, -0.15) is 0 Å². The van der Waals surface area contributed by atoms with Gasteiger partial charge in [0.25, 0.3) is 0 Å². The summed E-state index contributed by atoms with van der Waals surface area (Å²) in [4.78, 5) is 2.07. The molecule has 0 amide bonds. The van der Waals surface area contributed by atoms with E-state index in [0.29, 0.717) is 16.8 Å². The van der Waals surface area contributed by atoms with Crippen molar-refractivity contribution in [2.24, 2.45) is 0 Å². The van der Waals surface area contributed by atoms with Gasteiger partial charge in [-0.05, 0) is 40.5 Å². The van der Waals surface area contributed by atoms with Gasteiger partial charge in [0.1, 0.15) is 11.6 Å². The summed E-state index contributed by atoms with van der Waals surface area (Å²) >= 11 is 3.22. The number of anilines is 3. The van der Waals surface area contributed by atoms with E-state index in [1.54, 1.807) is 6.07 Å². The van der Waals surface area contributed by atoms with Crippen LogP contribution in [-0.4, -0.2) is 13.2 Å². The van der Waals surface area contributed by atoms with E-state index in [1.165, 1.54) is 6.07 Å². The van der Waals surface area contributed by atoms with Crippen molar-refractivity contribution in [3.05, 3.63) is 46.7 Å². The summed E-state index contributed by atoms with van der Waals surface area (Å²) in [5, 5.41) is 0. The number of benzene rings is 2. The summed E-state index contributed by atoms with van der Waals surface area (Å²) in [7, 11) is 0. The zero-order valence-electron chi connectivity index (χ0n) is 10.8. The second-order valence-corrected chi connectivity index (χ2v) is 5.50. The normalized spacial score (nSPS) is 14.4. The maximum Gasteiger partial charge on any atom is 0.142 e. The van der Waals surface area contributed by atoms with Crippen LogP contribution in [0.5, 0.6) is 5.75 Å². The average Bonchev–Trinajstić information content (AvgIpc) is 2.65. The number of para-hydroxylation sites is 2. The van der Waals surface area contributed by atoms with Crippen LogP contribution in [0.2, 0.25) is 0 Å². The van der Waals surface area contributed by atoms with E-state index >= 15 is 0 Å². The van der Waals surface area contributed by atoms with Crippen LogP contribution in [0.3, 0.4) is 0 Å². The number of hydrogen-bond donors (Lipinski definition) is 1. The molecule has 1 aliphatic rings. The molecule has 0 saturated carbocycles. The van der Waals surface area contributed by atoms with Crippen LogP contribution in [0.1, 0.15) is 6.42 Å². The van der Waals surface area contributed by atoms with Gasteiger partial charge in [0, 0.05) is 12.6 Å². The van der Waals surface area contributed by atoms with Crippen molar-refractivity contribution in [2.45, 2.75) is 6.42 Å². The lowest BCUT2D eigenvalue weighted by atomic mass is 10.2. The van der Waals surface area contributed by atoms with Crippen LogP contribution >= 0.6 is 15.9 Å². The van der Waals surface area contributed by atoms with Gasteiger partial charge >= 0.3 is 0 Å². The number of ether oxygens (including phenoxy) is 1. The van der Waals surface area contributed by atoms with Crippen molar-refractivity contribution in [1.82, 2.24) is 0 Å². The van der Waals surface area contributed by atoms with Crippen LogP contribution in [0.15, 0.2) is 40.9 Å². The van der Waals surface area contributed by atoms with E-state index in [1.807, 2.05) is 24.3 Å². The summed E-state index contributed by atoms with van der Waals surface area (Å²) in [5.41, 5.74) is 8.15. The molecule has 1 heterocycles. The Balaban J connectivity index is 2.12. The zero-order chi connectivity index (χ0) is 14.1. The lowest BCUT2D eigenvalue weighted by Gasteiger charge is -2.25. The second-order valence-electron chi connectivity index (χ2n) is 4.65. The van der Waals surface area contributed by atoms with Crippen molar-refractivity contribution in [3.63, 3.8) is 0 Å². The quantitative estimate of drug-likeness (QED) is 0.797. The van der Waals surface area contributed by atoms with Gasteiger partial charge in [-0.1, -0.05) is 12.1 Å². The Morgan fingerprint density at radius 2 is 2.00 bits per heavy atom. The fraction of sp³-hybridized carbons (Fsp3) is 0.200. The second kappa shape index (κ2) is 5.32. The molecule has 0 aliphatic carbocycles. The molecule has 1 aliphatic heterocycles. The molecule has 104 valence electrons. The van der Waals surface area contributed by atoms with E-state index < -0.39 is 0 Å². The van der Waals surface area contributed by atoms with E-state index in [0.717, 1.165) is 30.1 Å². The minimum absolute atomic E-state index is 0.356. The summed E-state index contributed by atoms with van der Waals surface area (Å²) in [6, 6.07) is 10.9. The third-order valence-corrected chi connectivity index (χ3v) is 3.91. The predicted molar refractivity (Wildman–Crippen MR) is 82.1 cm³/mol. The molecule has 3 nitrogen and oxygen atoms in total. The molecule has 0 radical (unpaired) electrons. The molecule has 0 saturated heterocycles. The predicted octanol–water partition coefficient (Wildman–Crippen LogP) is 4.09. The molecular formula is C15H14BrFN2O. The average molecular weight is 337 g/mol. The zero-order valence-corrected chi connectivity index (χ0v) is 12.4. The molecule has 0 aromatic heterocycles. The SMILES string of the molecule is Nc1cc(F)c(Br)cc1N1CCCOc2ccccc21. The molecule has 2 aromatic carbocycles. The Morgan fingerprint density at radius 1 is 1.20 bits per heavy atom. The van der Waals surface area contributed by atoms with Gasteiger partial charge < -0.3 is 15.4 Å². The molecule has 20 heavy (non-hydrogen) atoms. The lowest BCUT2D eigenvalue weighted by molar-refractivity contribution is 0.322. The van der Waals surface area contributed by atoms with E-state index in [9.17, 15) is 4.39 Å². The highest BCUT2D eigenvalue weighted by Gasteiger charge is 2.20. The van der Waals surface area contributed by atoms with Crippen molar-refractivity contribution < 1.29 is 9.13 Å². The first-order valence-corrected chi connectivity index (χ1v) is 7.20. The summed E-state index contributed by atoms with van der Waals surface area (Å²) in [5.74, 6) is 0.468. The summed E-state index contributed by atoms with van der Waals surface area (Å²) in [6.45, 7) is 1.44. The number of nitrogen functional groups attached to an aromatic ring is 1. The summed E-state index contributed by atoms with van der Waals surface area (Å²) < 4.78 is 19.7. The number of fused-ring (bicyclic) bond motifs is 1. The van der Waals surface area contributed by atoms with E-state index in [-0.39, 0.29) is 5.82 Å². The number of halogens is 2. The van der Waals surface area contributed by atoms with Crippen molar-refractivity contribution >= 4 is 33.0 Å². The highest BCUT2D eigenvalue weighted by molar-refractivity contribution is 9.10. The van der Waals surface area contributed by atoms with Gasteiger partial charge in [0.15, 0.2) is 0 Å². The fourth-order valence-electron chi connectivity index (χ4n) is 2.36. The van der Waals surface area contributed by atoms with Crippen molar-refractivity contribution in [2.75, 3.05) is 23.8 Å². The first-order chi connectivity index (χ1) is 9.66. The van der Waals surface area contributed by atoms with Crippen LogP contribution in [0.4, 0.5) is 21.5 Å². The van der Waals surface area contributed by atoms with Crippen LogP contribution in [0.25, 0.3) is 0 Å². The molecule has 0 bridgehead atoms. The van der Waals surface area contributed by atoms with Crippen LogP contribution < -0.4 is 15.4 Å². The smallest absolute Gasteiger partial charge is 0.142 e. The maximum absolute atomic E-state index is 13.5. The molecule has 0 fully saturated rings. The Labute approximate surface area is 125 Å². The van der Waals surface area contributed by atoms with E-state index in [2.05, 4.69) is 20.8 Å². The van der Waals surface area contributed by atoms with Crippen molar-refractivity contribution in [3.8, 4) is 5.75 Å². The van der Waals surface area contributed by atoms with Gasteiger partial charge in [0.2, 0.25) is 0 Å². The third kappa shape index (κ3) is 2.33. The molecule has 0 unspecified atom stereocenters. The number of hydrogen-bond acceptors (Lipinski definition) is 3. The summed E-state index contributed by atoms with van der Waals surface area (Å²) in [6.07, 6.45) is 0.878. The fourth-order valence-corrected chi connectivity index (χ4v) is 2.69. The van der Waals surface area contributed by atoms with Crippen molar-refractivity contribution in [1.29, 1.82) is 0 Å². The Kier molecular flexibility index (Phi) is 3.53. The topological polar surface area (TPSA) is 38.5 Å². The standard InChI is InChI=1S/C15H14BrFN2O/c16-10-8-14(12(18)9-11(10)17)19-6-3-7-20-15-5-2-1-4-13(15)19/h1-2,4-5,8-9H,3,6-7,18H2. The molecular weight excluding hydrogens is 323 g/mol. The van der Waals surface area contributed by atoms with Gasteiger partial charge in [-0.25, -0.2) is 4.39 Å². The first-order valence-electron chi connectivity index (χ1n) is 6.40. The number of nitrogens with zero attached hydrogens (tertiary/aromatic N) is 1. The lowest BCUT2D eigenvalue weighted by Crippen LogP contribution is -2.19. The number of rotatable bonds is 1. The van der Waals surface area contributed by atoms with Crippen LogP contribution in [0, 0.1) is 5.82 Å². The minimum atomic E-state index is -0.356. The molecule has 0 spiro atoms. The molecule has 3 rings (SSSR count). The largest absolute Gasteiger partial charge is 0.491 e. The Morgan fingerprint density at radius 3 is 2.85 bits per heavy atom. The molecule has 2 N–H and O–H groups in total. The molecule has 0 atom stereocenters. The van der Waals surface area contributed by atoms with Crippen LogP contribution in [-0.2, 0) is 0 Å². The highest BCUT2D eigenvalue weighted by Crippen LogP contribution is 2.39.